The summed E-state index contributed by atoms with van der Waals surface area (Å²) in [6.07, 6.45) is 1.96. The van der Waals surface area contributed by atoms with Gasteiger partial charge in [-0.15, -0.1) is 11.3 Å². The van der Waals surface area contributed by atoms with E-state index in [2.05, 4.69) is 15.6 Å². The van der Waals surface area contributed by atoms with Crippen molar-refractivity contribution in [1.82, 2.24) is 15.6 Å². The molecule has 0 spiro atoms. The van der Waals surface area contributed by atoms with Crippen molar-refractivity contribution in [2.75, 3.05) is 6.54 Å². The van der Waals surface area contributed by atoms with E-state index >= 15 is 0 Å². The monoisotopic (exact) mass is 269 g/mol. The summed E-state index contributed by atoms with van der Waals surface area (Å²) >= 11 is 0.928. The van der Waals surface area contributed by atoms with Crippen LogP contribution in [0.25, 0.3) is 0 Å². The van der Waals surface area contributed by atoms with E-state index in [1.54, 1.807) is 0 Å². The number of carboxylic acid groups (broad SMARTS) is 1. The summed E-state index contributed by atoms with van der Waals surface area (Å²) < 4.78 is 0. The average Bonchev–Trinajstić information content (AvgIpc) is 2.98. The third-order valence-corrected chi connectivity index (χ3v) is 3.11. The molecule has 2 rings (SSSR count). The van der Waals surface area contributed by atoms with Crippen LogP contribution in [-0.2, 0) is 4.79 Å². The van der Waals surface area contributed by atoms with Crippen LogP contribution in [0.4, 0.5) is 0 Å². The molecule has 1 fully saturated rings. The number of aromatic carboxylic acids is 1. The summed E-state index contributed by atoms with van der Waals surface area (Å²) in [7, 11) is 0. The van der Waals surface area contributed by atoms with Gasteiger partial charge in [-0.05, 0) is 12.8 Å². The number of nitrogens with zero attached hydrogens (tertiary/aromatic N) is 1. The minimum atomic E-state index is -1.18. The van der Waals surface area contributed by atoms with E-state index in [0.29, 0.717) is 0 Å². The number of carbonyl (C=O) groups excluding carboxylic acids is 2. The molecule has 1 aromatic heterocycles. The van der Waals surface area contributed by atoms with E-state index < -0.39 is 11.9 Å². The topological polar surface area (TPSA) is 108 Å². The molecule has 1 aliphatic rings. The Morgan fingerprint density at radius 1 is 1.44 bits per heavy atom. The van der Waals surface area contributed by atoms with Crippen molar-refractivity contribution in [2.24, 2.45) is 0 Å². The van der Waals surface area contributed by atoms with Gasteiger partial charge in [0.2, 0.25) is 5.91 Å². The highest BCUT2D eigenvalue weighted by molar-refractivity contribution is 7.11. The molecule has 1 heterocycles. The lowest BCUT2D eigenvalue weighted by atomic mass is 10.5. The van der Waals surface area contributed by atoms with Crippen molar-refractivity contribution in [2.45, 2.75) is 18.9 Å². The molecule has 7 nitrogen and oxygen atoms in total. The zero-order chi connectivity index (χ0) is 13.1. The van der Waals surface area contributed by atoms with E-state index in [0.717, 1.165) is 24.2 Å². The molecule has 1 aliphatic carbocycles. The summed E-state index contributed by atoms with van der Waals surface area (Å²) in [5.41, 5.74) is -0.174. The molecule has 0 aliphatic heterocycles. The van der Waals surface area contributed by atoms with Gasteiger partial charge in [0.1, 0.15) is 0 Å². The molecule has 0 radical (unpaired) electrons. The van der Waals surface area contributed by atoms with Gasteiger partial charge in [0.15, 0.2) is 10.7 Å². The number of carboxylic acids is 1. The first-order valence-electron chi connectivity index (χ1n) is 5.32. The summed E-state index contributed by atoms with van der Waals surface area (Å²) in [4.78, 5) is 37.1. The second-order valence-electron chi connectivity index (χ2n) is 3.87. The Balaban J connectivity index is 1.82. The van der Waals surface area contributed by atoms with Gasteiger partial charge in [-0.1, -0.05) is 0 Å². The van der Waals surface area contributed by atoms with Crippen molar-refractivity contribution >= 4 is 29.1 Å². The van der Waals surface area contributed by atoms with E-state index in [-0.39, 0.29) is 29.2 Å². The Kier molecular flexibility index (Phi) is 3.56. The van der Waals surface area contributed by atoms with Crippen LogP contribution in [0.1, 0.15) is 33.1 Å². The van der Waals surface area contributed by atoms with Crippen LogP contribution in [0.2, 0.25) is 0 Å². The summed E-state index contributed by atoms with van der Waals surface area (Å²) in [5, 5.41) is 15.1. The number of thiazole rings is 1. The molecule has 1 aromatic rings. The quantitative estimate of drug-likeness (QED) is 0.689. The Labute approximate surface area is 106 Å². The maximum absolute atomic E-state index is 11.6. The zero-order valence-corrected chi connectivity index (χ0v) is 10.1. The predicted molar refractivity (Wildman–Crippen MR) is 62.6 cm³/mol. The van der Waals surface area contributed by atoms with Crippen molar-refractivity contribution in [3.63, 3.8) is 0 Å². The maximum Gasteiger partial charge on any atom is 0.355 e. The molecule has 18 heavy (non-hydrogen) atoms. The van der Waals surface area contributed by atoms with Gasteiger partial charge in [0, 0.05) is 11.4 Å². The summed E-state index contributed by atoms with van der Waals surface area (Å²) in [6.45, 7) is -0.128. The van der Waals surface area contributed by atoms with Crippen LogP contribution in [0.3, 0.4) is 0 Å². The maximum atomic E-state index is 11.6. The van der Waals surface area contributed by atoms with Gasteiger partial charge in [-0.3, -0.25) is 9.59 Å². The number of rotatable bonds is 5. The van der Waals surface area contributed by atoms with Crippen LogP contribution in [0.15, 0.2) is 5.38 Å². The molecule has 8 heteroatoms. The number of aromatic nitrogens is 1. The van der Waals surface area contributed by atoms with Gasteiger partial charge in [-0.25, -0.2) is 9.78 Å². The molecular weight excluding hydrogens is 258 g/mol. The number of amides is 2. The van der Waals surface area contributed by atoms with Crippen molar-refractivity contribution in [1.29, 1.82) is 0 Å². The van der Waals surface area contributed by atoms with E-state index in [4.69, 9.17) is 5.11 Å². The van der Waals surface area contributed by atoms with Crippen molar-refractivity contribution in [3.8, 4) is 0 Å². The largest absolute Gasteiger partial charge is 0.476 e. The smallest absolute Gasteiger partial charge is 0.355 e. The molecule has 0 unspecified atom stereocenters. The molecule has 1 saturated carbocycles. The lowest BCUT2D eigenvalue weighted by molar-refractivity contribution is -0.120. The highest BCUT2D eigenvalue weighted by Crippen LogP contribution is 2.18. The number of carbonyl (C=O) groups is 3. The van der Waals surface area contributed by atoms with Gasteiger partial charge >= 0.3 is 5.97 Å². The van der Waals surface area contributed by atoms with E-state index in [1.807, 2.05) is 0 Å². The molecular formula is C10H11N3O4S. The summed E-state index contributed by atoms with van der Waals surface area (Å²) in [6, 6.07) is 0.243. The fourth-order valence-corrected chi connectivity index (χ4v) is 1.93. The van der Waals surface area contributed by atoms with Gasteiger partial charge in [0.25, 0.3) is 5.91 Å². The second kappa shape index (κ2) is 5.13. The molecule has 0 atom stereocenters. The van der Waals surface area contributed by atoms with Crippen LogP contribution >= 0.6 is 11.3 Å². The standard InChI is InChI=1S/C10H11N3O4S/c14-7(12-5-1-2-5)3-11-8(15)9-13-6(4-18-9)10(16)17/h4-5H,1-3H2,(H,11,15)(H,12,14)(H,16,17). The van der Waals surface area contributed by atoms with Crippen LogP contribution in [0, 0.1) is 0 Å². The first-order chi connectivity index (χ1) is 8.56. The Morgan fingerprint density at radius 2 is 2.17 bits per heavy atom. The van der Waals surface area contributed by atoms with E-state index in [1.165, 1.54) is 5.38 Å². The predicted octanol–water partition coefficient (Wildman–Crippen LogP) is -0.150. The number of nitrogens with one attached hydrogen (secondary N) is 2. The van der Waals surface area contributed by atoms with Crippen molar-refractivity contribution < 1.29 is 19.5 Å². The lowest BCUT2D eigenvalue weighted by Crippen LogP contribution is -2.37. The molecule has 0 saturated heterocycles. The highest BCUT2D eigenvalue weighted by Gasteiger charge is 2.23. The van der Waals surface area contributed by atoms with Crippen LogP contribution in [0.5, 0.6) is 0 Å². The molecule has 0 aromatic carbocycles. The third kappa shape index (κ3) is 3.27. The number of hydrogen-bond acceptors (Lipinski definition) is 5. The van der Waals surface area contributed by atoms with Crippen LogP contribution in [-0.4, -0.2) is 40.5 Å². The second-order valence-corrected chi connectivity index (χ2v) is 4.73. The number of hydrogen-bond donors (Lipinski definition) is 3. The summed E-state index contributed by atoms with van der Waals surface area (Å²) in [5.74, 6) is -1.98. The van der Waals surface area contributed by atoms with Gasteiger partial charge < -0.3 is 15.7 Å². The first kappa shape index (κ1) is 12.5. The Bertz CT molecular complexity index is 495. The van der Waals surface area contributed by atoms with Crippen molar-refractivity contribution in [3.05, 3.63) is 16.1 Å². The normalized spacial score (nSPS) is 14.0. The SMILES string of the molecule is O=C(CNC(=O)c1nc(C(=O)O)cs1)NC1CC1. The fraction of sp³-hybridized carbons (Fsp3) is 0.400. The molecule has 2 amide bonds. The van der Waals surface area contributed by atoms with Gasteiger partial charge in [-0.2, -0.15) is 0 Å². The molecule has 96 valence electrons. The third-order valence-electron chi connectivity index (χ3n) is 2.27. The molecule has 3 N–H and O–H groups in total. The highest BCUT2D eigenvalue weighted by atomic mass is 32.1. The Morgan fingerprint density at radius 3 is 2.72 bits per heavy atom. The fourth-order valence-electron chi connectivity index (χ4n) is 1.22. The van der Waals surface area contributed by atoms with Crippen LogP contribution < -0.4 is 10.6 Å². The minimum Gasteiger partial charge on any atom is -0.476 e. The van der Waals surface area contributed by atoms with Gasteiger partial charge in [0.05, 0.1) is 6.54 Å². The van der Waals surface area contributed by atoms with E-state index in [9.17, 15) is 14.4 Å². The molecule has 0 bridgehead atoms. The Hall–Kier alpha value is -1.96. The minimum absolute atomic E-state index is 0.0339. The first-order valence-corrected chi connectivity index (χ1v) is 6.20. The zero-order valence-electron chi connectivity index (χ0n) is 9.30. The lowest BCUT2D eigenvalue weighted by Gasteiger charge is -2.03. The average molecular weight is 269 g/mol.